The molecule has 0 fully saturated rings. The van der Waals surface area contributed by atoms with E-state index in [4.69, 9.17) is 19.0 Å². The average molecular weight is 678 g/mol. The second-order valence-electron chi connectivity index (χ2n) is 11.7. The first-order valence-corrected chi connectivity index (χ1v) is 16.7. The van der Waals surface area contributed by atoms with Crippen LogP contribution in [0.1, 0.15) is 40.7 Å². The Hall–Kier alpha value is -5.32. The summed E-state index contributed by atoms with van der Waals surface area (Å²) in [7, 11) is 0. The van der Waals surface area contributed by atoms with Crippen molar-refractivity contribution in [3.8, 4) is 40.1 Å². The predicted octanol–water partition coefficient (Wildman–Crippen LogP) is 5.43. The molecule has 0 aliphatic carbocycles. The molecule has 0 bridgehead atoms. The first-order valence-electron chi connectivity index (χ1n) is 16.7. The van der Waals surface area contributed by atoms with Crippen molar-refractivity contribution < 1.29 is 24.1 Å². The number of pyridine rings is 1. The Kier molecular flexibility index (Phi) is 13.3. The van der Waals surface area contributed by atoms with E-state index in [1.165, 1.54) is 6.20 Å². The molecule has 12 heteroatoms. The number of nitrogens with one attached hydrogen (secondary N) is 3. The van der Waals surface area contributed by atoms with Gasteiger partial charge in [0.25, 0.3) is 0 Å². The Morgan fingerprint density at radius 2 is 1.60 bits per heavy atom. The fraction of sp³-hybridized carbons (Fsp3) is 0.316. The van der Waals surface area contributed by atoms with Crippen molar-refractivity contribution in [2.24, 2.45) is 0 Å². The van der Waals surface area contributed by atoms with Gasteiger partial charge in [0.2, 0.25) is 5.89 Å². The van der Waals surface area contributed by atoms with Crippen LogP contribution in [-0.4, -0.2) is 64.8 Å². The number of rotatable bonds is 19. The molecule has 0 aliphatic heterocycles. The van der Waals surface area contributed by atoms with Crippen LogP contribution in [0.5, 0.6) is 11.5 Å². The first-order chi connectivity index (χ1) is 24.5. The van der Waals surface area contributed by atoms with Gasteiger partial charge in [0, 0.05) is 54.5 Å². The number of aromatic nitrogens is 3. The fourth-order valence-corrected chi connectivity index (χ4v) is 5.46. The van der Waals surface area contributed by atoms with E-state index < -0.39 is 0 Å². The van der Waals surface area contributed by atoms with Gasteiger partial charge in [-0.3, -0.25) is 4.98 Å². The zero-order chi connectivity index (χ0) is 35.1. The molecule has 5 aromatic rings. The predicted molar refractivity (Wildman–Crippen MR) is 191 cm³/mol. The minimum Gasteiger partial charge on any atom is -0.493 e. The van der Waals surface area contributed by atoms with Gasteiger partial charge in [-0.05, 0) is 98.4 Å². The van der Waals surface area contributed by atoms with Crippen LogP contribution in [0, 0.1) is 25.2 Å². The number of nitrogens with zero attached hydrogens (tertiary/aromatic N) is 4. The summed E-state index contributed by atoms with van der Waals surface area (Å²) < 4.78 is 18.3. The molecular formula is C38H43N7O5. The normalized spacial score (nSPS) is 10.9. The maximum atomic E-state index is 9.28. The van der Waals surface area contributed by atoms with Crippen molar-refractivity contribution in [3.63, 3.8) is 0 Å². The lowest BCUT2D eigenvalue weighted by atomic mass is 9.93. The second kappa shape index (κ2) is 18.4. The van der Waals surface area contributed by atoms with Gasteiger partial charge in [-0.2, -0.15) is 5.26 Å². The summed E-state index contributed by atoms with van der Waals surface area (Å²) >= 11 is 0. The number of anilines is 2. The van der Waals surface area contributed by atoms with Gasteiger partial charge >= 0.3 is 6.01 Å². The van der Waals surface area contributed by atoms with Crippen LogP contribution in [0.15, 0.2) is 77.5 Å². The summed E-state index contributed by atoms with van der Waals surface area (Å²) in [5, 5.41) is 45.7. The quantitative estimate of drug-likeness (QED) is 0.0703. The van der Waals surface area contributed by atoms with E-state index >= 15 is 0 Å². The van der Waals surface area contributed by atoms with Gasteiger partial charge in [0.05, 0.1) is 18.8 Å². The SMILES string of the molecule is Cc1c(OCCCNCCCO)cccc1-c1cccc(-c2nnc(Nc3ccc(OCc4cncc(C#N)c4)c(CNCCO)c3)o2)c1C. The van der Waals surface area contributed by atoms with Crippen molar-refractivity contribution >= 4 is 11.7 Å². The molecule has 5 N–H and O–H groups in total. The third kappa shape index (κ3) is 9.64. The van der Waals surface area contributed by atoms with Crippen molar-refractivity contribution in [3.05, 3.63) is 101 Å². The minimum absolute atomic E-state index is 0.0100. The molecule has 2 aromatic heterocycles. The van der Waals surface area contributed by atoms with Crippen molar-refractivity contribution in [1.29, 1.82) is 5.26 Å². The van der Waals surface area contributed by atoms with E-state index in [0.29, 0.717) is 36.9 Å². The first kappa shape index (κ1) is 36.0. The van der Waals surface area contributed by atoms with E-state index in [1.807, 2.05) is 49.4 Å². The van der Waals surface area contributed by atoms with Crippen LogP contribution in [-0.2, 0) is 13.2 Å². The summed E-state index contributed by atoms with van der Waals surface area (Å²) in [5.41, 5.74) is 7.83. The van der Waals surface area contributed by atoms with E-state index in [9.17, 15) is 10.4 Å². The zero-order valence-corrected chi connectivity index (χ0v) is 28.4. The van der Waals surface area contributed by atoms with Gasteiger partial charge < -0.3 is 40.1 Å². The third-order valence-corrected chi connectivity index (χ3v) is 8.06. The zero-order valence-electron chi connectivity index (χ0n) is 28.4. The lowest BCUT2D eigenvalue weighted by Crippen LogP contribution is -2.19. The Morgan fingerprint density at radius 3 is 2.42 bits per heavy atom. The molecule has 2 heterocycles. The maximum absolute atomic E-state index is 9.28. The van der Waals surface area contributed by atoms with E-state index in [-0.39, 0.29) is 25.8 Å². The van der Waals surface area contributed by atoms with Crippen LogP contribution >= 0.6 is 0 Å². The fourth-order valence-electron chi connectivity index (χ4n) is 5.46. The highest BCUT2D eigenvalue weighted by Gasteiger charge is 2.17. The van der Waals surface area contributed by atoms with Crippen molar-refractivity contribution in [2.75, 3.05) is 44.8 Å². The van der Waals surface area contributed by atoms with Crippen LogP contribution in [0.3, 0.4) is 0 Å². The van der Waals surface area contributed by atoms with Gasteiger partial charge in [-0.1, -0.05) is 29.4 Å². The third-order valence-electron chi connectivity index (χ3n) is 8.06. The number of aliphatic hydroxyl groups excluding tert-OH is 2. The van der Waals surface area contributed by atoms with Gasteiger partial charge in [-0.15, -0.1) is 5.10 Å². The van der Waals surface area contributed by atoms with Gasteiger partial charge in [0.1, 0.15) is 24.2 Å². The largest absolute Gasteiger partial charge is 0.493 e. The molecule has 0 spiro atoms. The summed E-state index contributed by atoms with van der Waals surface area (Å²) in [5.74, 6) is 1.89. The number of nitriles is 1. The standard InChI is InChI=1S/C38H43N7O5/c1-26-32(33-8-4-10-35(27(33)2)48-18-6-14-40-13-5-16-46)7-3-9-34(26)37-44-45-38(50-37)43-31-11-12-36(30(20-31)24-41-15-17-47)49-25-29-19-28(21-39)22-42-23-29/h3-4,7-12,19-20,22-23,40-41,46-47H,5-6,13-18,24-25H2,1-2H3,(H,43,45). The summed E-state index contributed by atoms with van der Waals surface area (Å²) in [6.45, 7) is 7.68. The minimum atomic E-state index is 0.0100. The highest BCUT2D eigenvalue weighted by atomic mass is 16.5. The van der Waals surface area contributed by atoms with Gasteiger partial charge in [0.15, 0.2) is 0 Å². The molecule has 3 aromatic carbocycles. The van der Waals surface area contributed by atoms with Crippen LogP contribution < -0.4 is 25.4 Å². The Morgan fingerprint density at radius 1 is 0.800 bits per heavy atom. The summed E-state index contributed by atoms with van der Waals surface area (Å²) in [6.07, 6.45) is 4.80. The Labute approximate surface area is 292 Å². The Bertz CT molecular complexity index is 1890. The number of ether oxygens (including phenoxy) is 2. The Balaban J connectivity index is 1.28. The molecule has 0 atom stereocenters. The van der Waals surface area contributed by atoms with Crippen LogP contribution in [0.2, 0.25) is 0 Å². The topological polar surface area (TPSA) is 171 Å². The second-order valence-corrected chi connectivity index (χ2v) is 11.7. The van der Waals surface area contributed by atoms with Crippen LogP contribution in [0.25, 0.3) is 22.6 Å². The summed E-state index contributed by atoms with van der Waals surface area (Å²) in [4.78, 5) is 4.10. The molecule has 0 saturated heterocycles. The average Bonchev–Trinajstić information content (AvgIpc) is 3.60. The van der Waals surface area contributed by atoms with Gasteiger partial charge in [-0.25, -0.2) is 0 Å². The van der Waals surface area contributed by atoms with Crippen molar-refractivity contribution in [2.45, 2.75) is 39.8 Å². The maximum Gasteiger partial charge on any atom is 0.320 e. The molecule has 0 aliphatic rings. The molecule has 0 radical (unpaired) electrons. The number of aliphatic hydroxyl groups is 2. The molecule has 50 heavy (non-hydrogen) atoms. The molecule has 0 amide bonds. The molecule has 0 unspecified atom stereocenters. The molecule has 12 nitrogen and oxygen atoms in total. The molecular weight excluding hydrogens is 634 g/mol. The molecule has 0 saturated carbocycles. The van der Waals surface area contributed by atoms with E-state index in [1.54, 1.807) is 12.3 Å². The highest BCUT2D eigenvalue weighted by molar-refractivity contribution is 5.78. The van der Waals surface area contributed by atoms with Crippen molar-refractivity contribution in [1.82, 2.24) is 25.8 Å². The summed E-state index contributed by atoms with van der Waals surface area (Å²) in [6, 6.07) is 21.8. The van der Waals surface area contributed by atoms with E-state index in [2.05, 4.69) is 56.3 Å². The molecule has 260 valence electrons. The highest BCUT2D eigenvalue weighted by Crippen LogP contribution is 2.36. The molecule has 5 rings (SSSR count). The van der Waals surface area contributed by atoms with E-state index in [0.717, 1.165) is 76.3 Å². The number of benzene rings is 3. The lowest BCUT2D eigenvalue weighted by molar-refractivity contribution is 0.282. The number of hydrogen-bond acceptors (Lipinski definition) is 12. The monoisotopic (exact) mass is 677 g/mol. The number of hydrogen-bond donors (Lipinski definition) is 5. The lowest BCUT2D eigenvalue weighted by Gasteiger charge is -2.15. The van der Waals surface area contributed by atoms with Crippen LogP contribution in [0.4, 0.5) is 11.7 Å². The smallest absolute Gasteiger partial charge is 0.320 e.